The monoisotopic (exact) mass is 333 g/mol. The van der Waals surface area contributed by atoms with Crippen molar-refractivity contribution in [2.75, 3.05) is 7.11 Å². The lowest BCUT2D eigenvalue weighted by atomic mass is 10.2. The van der Waals surface area contributed by atoms with E-state index in [2.05, 4.69) is 25.7 Å². The summed E-state index contributed by atoms with van der Waals surface area (Å²) in [4.78, 5) is 15.5. The van der Waals surface area contributed by atoms with Crippen molar-refractivity contribution in [1.82, 2.24) is 0 Å². The number of esters is 1. The van der Waals surface area contributed by atoms with Crippen LogP contribution in [0, 0.1) is 0 Å². The predicted octanol–water partition coefficient (Wildman–Crippen LogP) is 3.69. The van der Waals surface area contributed by atoms with Crippen molar-refractivity contribution >= 4 is 33.8 Å². The first-order chi connectivity index (χ1) is 9.60. The van der Waals surface area contributed by atoms with Crippen molar-refractivity contribution in [1.29, 1.82) is 0 Å². The molecule has 0 saturated heterocycles. The smallest absolute Gasteiger partial charge is 0.337 e. The third kappa shape index (κ3) is 3.45. The van der Waals surface area contributed by atoms with E-state index in [-0.39, 0.29) is 11.7 Å². The summed E-state index contributed by atoms with van der Waals surface area (Å²) in [5.41, 5.74) is 1.75. The van der Waals surface area contributed by atoms with Gasteiger partial charge in [0.15, 0.2) is 0 Å². The van der Waals surface area contributed by atoms with Gasteiger partial charge in [0.1, 0.15) is 5.75 Å². The molecule has 0 amide bonds. The van der Waals surface area contributed by atoms with Gasteiger partial charge in [-0.15, -0.1) is 0 Å². The molecule has 0 aliphatic heterocycles. The first-order valence-corrected chi connectivity index (χ1v) is 6.60. The molecule has 102 valence electrons. The van der Waals surface area contributed by atoms with Gasteiger partial charge in [-0.2, -0.15) is 0 Å². The van der Waals surface area contributed by atoms with Crippen molar-refractivity contribution in [3.05, 3.63) is 58.1 Å². The van der Waals surface area contributed by atoms with Gasteiger partial charge >= 0.3 is 5.97 Å². The highest BCUT2D eigenvalue weighted by Crippen LogP contribution is 2.21. The maximum Gasteiger partial charge on any atom is 0.337 e. The van der Waals surface area contributed by atoms with Crippen molar-refractivity contribution in [2.45, 2.75) is 0 Å². The molecule has 2 aromatic rings. The van der Waals surface area contributed by atoms with Crippen molar-refractivity contribution < 1.29 is 14.6 Å². The van der Waals surface area contributed by atoms with Crippen LogP contribution in [0.25, 0.3) is 0 Å². The number of phenolic OH excluding ortho intramolecular Hbond substituents is 1. The summed E-state index contributed by atoms with van der Waals surface area (Å²) in [6, 6.07) is 11.8. The third-order valence-electron chi connectivity index (χ3n) is 2.63. The Hall–Kier alpha value is -2.14. The van der Waals surface area contributed by atoms with Crippen molar-refractivity contribution in [3.8, 4) is 5.75 Å². The summed E-state index contributed by atoms with van der Waals surface area (Å²) in [6.45, 7) is 0. The van der Waals surface area contributed by atoms with E-state index in [0.717, 1.165) is 4.47 Å². The molecule has 0 unspecified atom stereocenters. The first kappa shape index (κ1) is 14.3. The minimum Gasteiger partial charge on any atom is -0.507 e. The zero-order valence-electron chi connectivity index (χ0n) is 10.7. The van der Waals surface area contributed by atoms with Crippen LogP contribution in [0.4, 0.5) is 5.69 Å². The number of phenols is 1. The average molecular weight is 334 g/mol. The Morgan fingerprint density at radius 2 is 1.95 bits per heavy atom. The van der Waals surface area contributed by atoms with Gasteiger partial charge in [0.2, 0.25) is 0 Å². The van der Waals surface area contributed by atoms with E-state index in [1.807, 2.05) is 0 Å². The van der Waals surface area contributed by atoms with Crippen LogP contribution >= 0.6 is 15.9 Å². The molecular weight excluding hydrogens is 322 g/mol. The lowest BCUT2D eigenvalue weighted by molar-refractivity contribution is 0.0601. The Labute approximate surface area is 124 Å². The normalized spacial score (nSPS) is 10.7. The minimum atomic E-state index is -0.384. The number of nitrogens with zero attached hydrogens (tertiary/aromatic N) is 1. The maximum absolute atomic E-state index is 11.3. The summed E-state index contributed by atoms with van der Waals surface area (Å²) in [6.07, 6.45) is 1.56. The molecule has 0 spiro atoms. The van der Waals surface area contributed by atoms with E-state index in [4.69, 9.17) is 0 Å². The molecule has 0 radical (unpaired) electrons. The van der Waals surface area contributed by atoms with Crippen molar-refractivity contribution in [2.24, 2.45) is 4.99 Å². The molecule has 1 N–H and O–H groups in total. The number of methoxy groups -OCH3 is 1. The highest BCUT2D eigenvalue weighted by atomic mass is 79.9. The molecule has 2 rings (SSSR count). The number of carbonyl (C=O) groups is 1. The standard InChI is InChI=1S/C15H12BrNO3/c1-20-15(19)10-2-5-13(6-3-10)17-9-11-8-12(16)4-7-14(11)18/h2-9,18H,1H3. The van der Waals surface area contributed by atoms with Gasteiger partial charge in [-0.1, -0.05) is 15.9 Å². The van der Waals surface area contributed by atoms with E-state index in [1.54, 1.807) is 48.7 Å². The molecule has 0 fully saturated rings. The number of ether oxygens (including phenoxy) is 1. The van der Waals surface area contributed by atoms with E-state index < -0.39 is 0 Å². The minimum absolute atomic E-state index is 0.156. The van der Waals surface area contributed by atoms with Crippen LogP contribution < -0.4 is 0 Å². The van der Waals surface area contributed by atoms with Gasteiger partial charge in [-0.05, 0) is 42.5 Å². The largest absolute Gasteiger partial charge is 0.507 e. The number of carbonyl (C=O) groups excluding carboxylic acids is 1. The topological polar surface area (TPSA) is 58.9 Å². The van der Waals surface area contributed by atoms with Crippen LogP contribution in [0.15, 0.2) is 51.9 Å². The summed E-state index contributed by atoms with van der Waals surface area (Å²) in [7, 11) is 1.34. The van der Waals surface area contributed by atoms with Gasteiger partial charge in [-0.3, -0.25) is 4.99 Å². The number of aliphatic imine (C=N–C) groups is 1. The Bertz CT molecular complexity index is 651. The third-order valence-corrected chi connectivity index (χ3v) is 3.12. The number of hydrogen-bond acceptors (Lipinski definition) is 4. The van der Waals surface area contributed by atoms with Crippen LogP contribution in [-0.2, 0) is 4.74 Å². The van der Waals surface area contributed by atoms with Gasteiger partial charge in [0.05, 0.1) is 18.4 Å². The Morgan fingerprint density at radius 3 is 2.60 bits per heavy atom. The summed E-state index contributed by atoms with van der Waals surface area (Å²) in [5.74, 6) is -0.228. The fraction of sp³-hybridized carbons (Fsp3) is 0.0667. The molecular formula is C15H12BrNO3. The second-order valence-electron chi connectivity index (χ2n) is 4.00. The maximum atomic E-state index is 11.3. The van der Waals surface area contributed by atoms with Crippen LogP contribution in [0.3, 0.4) is 0 Å². The SMILES string of the molecule is COC(=O)c1ccc(N=Cc2cc(Br)ccc2O)cc1. The summed E-state index contributed by atoms with van der Waals surface area (Å²) >= 11 is 3.33. The molecule has 0 aliphatic rings. The molecule has 0 bridgehead atoms. The highest BCUT2D eigenvalue weighted by Gasteiger charge is 2.04. The zero-order chi connectivity index (χ0) is 14.5. The summed E-state index contributed by atoms with van der Waals surface area (Å²) < 4.78 is 5.48. The lowest BCUT2D eigenvalue weighted by Crippen LogP contribution is -1.99. The molecule has 0 atom stereocenters. The summed E-state index contributed by atoms with van der Waals surface area (Å²) in [5, 5.41) is 9.69. The molecule has 4 nitrogen and oxygen atoms in total. The molecule has 0 saturated carbocycles. The van der Waals surface area contributed by atoms with Gasteiger partial charge < -0.3 is 9.84 Å². The van der Waals surface area contributed by atoms with Crippen molar-refractivity contribution in [3.63, 3.8) is 0 Å². The Balaban J connectivity index is 2.19. The number of rotatable bonds is 3. The fourth-order valence-electron chi connectivity index (χ4n) is 1.57. The lowest BCUT2D eigenvalue weighted by Gasteiger charge is -2.00. The fourth-order valence-corrected chi connectivity index (χ4v) is 1.95. The molecule has 0 aliphatic carbocycles. The van der Waals surface area contributed by atoms with Crippen LogP contribution in [0.1, 0.15) is 15.9 Å². The second kappa shape index (κ2) is 6.34. The molecule has 0 heterocycles. The highest BCUT2D eigenvalue weighted by molar-refractivity contribution is 9.10. The van der Waals surface area contributed by atoms with Gasteiger partial charge in [0.25, 0.3) is 0 Å². The average Bonchev–Trinajstić information content (AvgIpc) is 2.48. The van der Waals surface area contributed by atoms with Gasteiger partial charge in [0, 0.05) is 16.3 Å². The number of benzene rings is 2. The van der Waals surface area contributed by atoms with E-state index in [9.17, 15) is 9.90 Å². The van der Waals surface area contributed by atoms with E-state index in [1.165, 1.54) is 7.11 Å². The zero-order valence-corrected chi connectivity index (χ0v) is 12.3. The van der Waals surface area contributed by atoms with Crippen LogP contribution in [0.2, 0.25) is 0 Å². The predicted molar refractivity (Wildman–Crippen MR) is 80.8 cm³/mol. The van der Waals surface area contributed by atoms with Gasteiger partial charge in [-0.25, -0.2) is 4.79 Å². The Kier molecular flexibility index (Phi) is 4.53. The second-order valence-corrected chi connectivity index (χ2v) is 4.92. The number of hydrogen-bond donors (Lipinski definition) is 1. The number of halogens is 1. The van der Waals surface area contributed by atoms with Crippen LogP contribution in [-0.4, -0.2) is 24.4 Å². The number of aromatic hydroxyl groups is 1. The van der Waals surface area contributed by atoms with Crippen LogP contribution in [0.5, 0.6) is 5.75 Å². The molecule has 0 aromatic heterocycles. The molecule has 2 aromatic carbocycles. The van der Waals surface area contributed by atoms with E-state index in [0.29, 0.717) is 16.8 Å². The Morgan fingerprint density at radius 1 is 1.25 bits per heavy atom. The molecule has 20 heavy (non-hydrogen) atoms. The quantitative estimate of drug-likeness (QED) is 0.688. The van der Waals surface area contributed by atoms with E-state index >= 15 is 0 Å². The first-order valence-electron chi connectivity index (χ1n) is 5.81. The molecule has 5 heteroatoms.